The van der Waals surface area contributed by atoms with E-state index in [1.807, 2.05) is 29.9 Å². The van der Waals surface area contributed by atoms with Crippen molar-refractivity contribution in [2.24, 2.45) is 0 Å². The van der Waals surface area contributed by atoms with Gasteiger partial charge in [0.15, 0.2) is 0 Å². The molecule has 1 fully saturated rings. The van der Waals surface area contributed by atoms with Crippen LogP contribution in [0.1, 0.15) is 30.5 Å². The summed E-state index contributed by atoms with van der Waals surface area (Å²) in [7, 11) is 0. The van der Waals surface area contributed by atoms with Gasteiger partial charge in [0.1, 0.15) is 18.3 Å². The molecule has 130 valence electrons. The van der Waals surface area contributed by atoms with Crippen LogP contribution in [0.5, 0.6) is 0 Å². The Morgan fingerprint density at radius 2 is 2.20 bits per heavy atom. The predicted molar refractivity (Wildman–Crippen MR) is 94.3 cm³/mol. The van der Waals surface area contributed by atoms with E-state index >= 15 is 0 Å². The van der Waals surface area contributed by atoms with Gasteiger partial charge < -0.3 is 0 Å². The summed E-state index contributed by atoms with van der Waals surface area (Å²) in [4.78, 5) is 23.5. The molecule has 0 bridgehead atoms. The normalized spacial score (nSPS) is 18.7. The van der Waals surface area contributed by atoms with Gasteiger partial charge in [0.25, 0.3) is 5.56 Å². The average molecular weight is 338 g/mol. The van der Waals surface area contributed by atoms with Gasteiger partial charge in [0.05, 0.1) is 12.2 Å². The molecule has 1 aliphatic rings. The van der Waals surface area contributed by atoms with Crippen LogP contribution < -0.4 is 5.56 Å². The molecule has 4 rings (SSSR count). The zero-order valence-electron chi connectivity index (χ0n) is 14.4. The molecule has 0 aromatic carbocycles. The van der Waals surface area contributed by atoms with Crippen LogP contribution in [0, 0.1) is 6.92 Å². The van der Waals surface area contributed by atoms with Crippen molar-refractivity contribution in [1.82, 2.24) is 29.0 Å². The van der Waals surface area contributed by atoms with Gasteiger partial charge in [0.2, 0.25) is 0 Å². The van der Waals surface area contributed by atoms with Gasteiger partial charge in [-0.2, -0.15) is 5.10 Å². The van der Waals surface area contributed by atoms with Crippen molar-refractivity contribution >= 4 is 5.65 Å². The van der Waals surface area contributed by atoms with Crippen LogP contribution in [0.25, 0.3) is 5.65 Å². The summed E-state index contributed by atoms with van der Waals surface area (Å²) >= 11 is 0. The molecule has 0 unspecified atom stereocenters. The fourth-order valence-electron chi connectivity index (χ4n) is 3.57. The minimum absolute atomic E-state index is 0.0199. The Bertz CT molecular complexity index is 917. The van der Waals surface area contributed by atoms with Crippen molar-refractivity contribution in [3.05, 3.63) is 58.7 Å². The summed E-state index contributed by atoms with van der Waals surface area (Å²) in [5.74, 6) is 0. The van der Waals surface area contributed by atoms with Gasteiger partial charge >= 0.3 is 0 Å². The van der Waals surface area contributed by atoms with Gasteiger partial charge in [-0.3, -0.25) is 18.8 Å². The van der Waals surface area contributed by atoms with E-state index in [0.29, 0.717) is 18.2 Å². The zero-order chi connectivity index (χ0) is 17.2. The maximum atomic E-state index is 12.4. The van der Waals surface area contributed by atoms with Gasteiger partial charge in [-0.05, 0) is 37.9 Å². The van der Waals surface area contributed by atoms with Gasteiger partial charge in [0, 0.05) is 24.8 Å². The fourth-order valence-corrected chi connectivity index (χ4v) is 3.57. The van der Waals surface area contributed by atoms with Gasteiger partial charge in [-0.15, -0.1) is 0 Å². The Kier molecular flexibility index (Phi) is 4.31. The molecule has 25 heavy (non-hydrogen) atoms. The molecule has 1 aliphatic heterocycles. The van der Waals surface area contributed by atoms with Crippen LogP contribution in [0.2, 0.25) is 0 Å². The Balaban J connectivity index is 1.58. The highest BCUT2D eigenvalue weighted by Crippen LogP contribution is 2.20. The number of aryl methyl sites for hydroxylation is 1. The molecule has 1 saturated heterocycles. The first-order valence-electron chi connectivity index (χ1n) is 8.74. The van der Waals surface area contributed by atoms with Crippen molar-refractivity contribution in [3.8, 4) is 0 Å². The lowest BCUT2D eigenvalue weighted by molar-refractivity contribution is 0.120. The third-order valence-corrected chi connectivity index (χ3v) is 4.84. The smallest absolute Gasteiger partial charge is 0.258 e. The third kappa shape index (κ3) is 3.46. The van der Waals surface area contributed by atoms with Crippen LogP contribution in [0.15, 0.2) is 41.8 Å². The summed E-state index contributed by atoms with van der Waals surface area (Å²) in [5.41, 5.74) is 2.57. The van der Waals surface area contributed by atoms with E-state index in [-0.39, 0.29) is 5.56 Å². The molecule has 1 atom stereocenters. The summed E-state index contributed by atoms with van der Waals surface area (Å²) in [5, 5.41) is 4.23. The summed E-state index contributed by atoms with van der Waals surface area (Å²) in [6.45, 7) is 4.52. The van der Waals surface area contributed by atoms with E-state index in [1.54, 1.807) is 23.1 Å². The van der Waals surface area contributed by atoms with Crippen LogP contribution in [-0.4, -0.2) is 41.6 Å². The second-order valence-corrected chi connectivity index (χ2v) is 6.76. The van der Waals surface area contributed by atoms with E-state index < -0.39 is 0 Å². The summed E-state index contributed by atoms with van der Waals surface area (Å²) < 4.78 is 3.50. The number of fused-ring (bicyclic) bond motifs is 1. The molecule has 0 radical (unpaired) electrons. The number of hydrogen-bond acceptors (Lipinski definition) is 5. The first kappa shape index (κ1) is 16.0. The van der Waals surface area contributed by atoms with E-state index in [0.717, 1.165) is 30.8 Å². The Hall–Kier alpha value is -2.54. The van der Waals surface area contributed by atoms with Crippen molar-refractivity contribution < 1.29 is 0 Å². The predicted octanol–water partition coefficient (Wildman–Crippen LogP) is 1.65. The van der Waals surface area contributed by atoms with Gasteiger partial charge in [-0.1, -0.05) is 12.5 Å². The number of rotatable bonds is 4. The number of nitrogens with zero attached hydrogens (tertiary/aromatic N) is 6. The molecule has 4 heterocycles. The van der Waals surface area contributed by atoms with E-state index in [4.69, 9.17) is 0 Å². The molecule has 0 spiro atoms. The van der Waals surface area contributed by atoms with Crippen LogP contribution in [0.3, 0.4) is 0 Å². The minimum atomic E-state index is -0.0199. The zero-order valence-corrected chi connectivity index (χ0v) is 14.4. The van der Waals surface area contributed by atoms with Crippen molar-refractivity contribution in [1.29, 1.82) is 0 Å². The molecule has 3 aromatic heterocycles. The lowest BCUT2D eigenvalue weighted by Crippen LogP contribution is -2.42. The fraction of sp³-hybridized carbons (Fsp3) is 0.444. The van der Waals surface area contributed by atoms with Crippen LogP contribution in [-0.2, 0) is 13.1 Å². The molecule has 7 heteroatoms. The standard InChI is InChI=1S/C18H22N6O/c1-14-5-6-17-21-15(8-18(25)24(17)9-14)10-22-7-3-2-4-16(22)11-23-13-19-12-20-23/h5-6,8-9,12-13,16H,2-4,7,10-11H2,1H3/t16-/m0/s1. The largest absolute Gasteiger partial charge is 0.293 e. The summed E-state index contributed by atoms with van der Waals surface area (Å²) in [6.07, 6.45) is 8.70. The number of likely N-dealkylation sites (tertiary alicyclic amines) is 1. The maximum Gasteiger partial charge on any atom is 0.258 e. The highest BCUT2D eigenvalue weighted by atomic mass is 16.1. The topological polar surface area (TPSA) is 68.3 Å². The maximum absolute atomic E-state index is 12.4. The molecule has 7 nitrogen and oxygen atoms in total. The summed E-state index contributed by atoms with van der Waals surface area (Å²) in [6, 6.07) is 5.95. The molecular weight excluding hydrogens is 316 g/mol. The Morgan fingerprint density at radius 3 is 3.04 bits per heavy atom. The molecule has 0 saturated carbocycles. The highest BCUT2D eigenvalue weighted by molar-refractivity contribution is 5.39. The highest BCUT2D eigenvalue weighted by Gasteiger charge is 2.23. The van der Waals surface area contributed by atoms with Crippen molar-refractivity contribution in [3.63, 3.8) is 0 Å². The second-order valence-electron chi connectivity index (χ2n) is 6.76. The van der Waals surface area contributed by atoms with Crippen LogP contribution in [0.4, 0.5) is 0 Å². The second kappa shape index (κ2) is 6.76. The SMILES string of the molecule is Cc1ccc2nc(CN3CCCC[C@H]3Cn3cncn3)cc(=O)n2c1. The van der Waals surface area contributed by atoms with Crippen molar-refractivity contribution in [2.75, 3.05) is 6.54 Å². The number of aromatic nitrogens is 5. The number of hydrogen-bond donors (Lipinski definition) is 0. The van der Waals surface area contributed by atoms with E-state index in [9.17, 15) is 4.79 Å². The number of piperidine rings is 1. The Labute approximate surface area is 145 Å². The van der Waals surface area contributed by atoms with Crippen molar-refractivity contribution in [2.45, 2.75) is 45.3 Å². The lowest BCUT2D eigenvalue weighted by atomic mass is 10.0. The van der Waals surface area contributed by atoms with E-state index in [2.05, 4.69) is 20.0 Å². The molecule has 0 amide bonds. The molecule has 0 N–H and O–H groups in total. The third-order valence-electron chi connectivity index (χ3n) is 4.84. The first-order valence-corrected chi connectivity index (χ1v) is 8.74. The van der Waals surface area contributed by atoms with E-state index in [1.165, 1.54) is 12.8 Å². The minimum Gasteiger partial charge on any atom is -0.293 e. The first-order chi connectivity index (χ1) is 12.2. The molecule has 0 aliphatic carbocycles. The molecule has 3 aromatic rings. The monoisotopic (exact) mass is 338 g/mol. The average Bonchev–Trinajstić information content (AvgIpc) is 3.10. The van der Waals surface area contributed by atoms with Gasteiger partial charge in [-0.25, -0.2) is 9.97 Å². The molecular formula is C18H22N6O. The Morgan fingerprint density at radius 1 is 1.28 bits per heavy atom. The van der Waals surface area contributed by atoms with Crippen LogP contribution >= 0.6 is 0 Å². The quantitative estimate of drug-likeness (QED) is 0.723. The lowest BCUT2D eigenvalue weighted by Gasteiger charge is -2.35. The number of pyridine rings is 1.